The number of ether oxygens (including phenoxy) is 2. The highest BCUT2D eigenvalue weighted by atomic mass is 32.2. The first kappa shape index (κ1) is 27.8. The number of hydrogen-bond donors (Lipinski definition) is 3. The number of thioether (sulfide) groups is 1. The van der Waals surface area contributed by atoms with E-state index in [4.69, 9.17) is 25.7 Å². The summed E-state index contributed by atoms with van der Waals surface area (Å²) in [6.07, 6.45) is 3.35. The van der Waals surface area contributed by atoms with Crippen molar-refractivity contribution in [2.45, 2.75) is 7.43 Å². The molecule has 31 heavy (non-hydrogen) atoms. The lowest BCUT2D eigenvalue weighted by Gasteiger charge is -2.07. The molecular formula is C21H26N6O2S2. The first-order valence-electron chi connectivity index (χ1n) is 8.79. The zero-order valence-corrected chi connectivity index (χ0v) is 17.9. The van der Waals surface area contributed by atoms with Crippen LogP contribution in [-0.2, 0) is 0 Å². The summed E-state index contributed by atoms with van der Waals surface area (Å²) in [5.74, 6) is 2.91. The molecule has 0 radical (unpaired) electrons. The van der Waals surface area contributed by atoms with Gasteiger partial charge in [0, 0.05) is 18.1 Å². The van der Waals surface area contributed by atoms with E-state index in [1.807, 2.05) is 42.6 Å². The number of nitrogens with zero attached hydrogens (tertiary/aromatic N) is 4. The predicted octanol–water partition coefficient (Wildman–Crippen LogP) is 3.65. The van der Waals surface area contributed by atoms with Gasteiger partial charge in [-0.1, -0.05) is 60.6 Å². The molecule has 1 aliphatic rings. The maximum absolute atomic E-state index is 8.60. The summed E-state index contributed by atoms with van der Waals surface area (Å²) in [6, 6.07) is 18.0. The molecule has 0 unspecified atom stereocenters. The van der Waals surface area contributed by atoms with Gasteiger partial charge in [-0.3, -0.25) is 10.3 Å². The molecule has 10 heteroatoms. The Morgan fingerprint density at radius 1 is 1.10 bits per heavy atom. The minimum atomic E-state index is -0.102. The van der Waals surface area contributed by atoms with Gasteiger partial charge in [0.15, 0.2) is 11.4 Å². The Hall–Kier alpha value is -3.18. The number of para-hydroxylation sites is 2. The molecule has 0 saturated heterocycles. The molecule has 2 aromatic rings. The SMILES string of the molecule is C.N#CN=C(Oc1ccccc1)Oc1ccccc1.N#CNC1=NCCS1.NCCS. The van der Waals surface area contributed by atoms with Crippen molar-refractivity contribution in [1.82, 2.24) is 5.32 Å². The van der Waals surface area contributed by atoms with Crippen molar-refractivity contribution in [3.63, 3.8) is 0 Å². The fourth-order valence-corrected chi connectivity index (χ4v) is 2.42. The van der Waals surface area contributed by atoms with Gasteiger partial charge in [-0.05, 0) is 24.3 Å². The molecule has 0 spiro atoms. The van der Waals surface area contributed by atoms with Crippen molar-refractivity contribution in [3.8, 4) is 23.9 Å². The first-order valence-corrected chi connectivity index (χ1v) is 10.4. The summed E-state index contributed by atoms with van der Waals surface area (Å²) in [6.45, 7) is 1.53. The average molecular weight is 459 g/mol. The highest BCUT2D eigenvalue weighted by molar-refractivity contribution is 8.14. The number of nitrogens with two attached hydrogens (primary N) is 1. The molecule has 164 valence electrons. The standard InChI is InChI=1S/C14H10N2O2.C4H5N3S.C2H7NS.CH4/c15-11-16-14(17-12-7-3-1-4-8-12)18-13-9-5-2-6-10-13;5-3-7-4-6-1-2-8-4;3-1-2-4;/h1-10H;1-2H2,(H,6,7);4H,1-3H2;1H4. The van der Waals surface area contributed by atoms with Crippen LogP contribution in [0.5, 0.6) is 11.5 Å². The summed E-state index contributed by atoms with van der Waals surface area (Å²) < 4.78 is 10.7. The van der Waals surface area contributed by atoms with Gasteiger partial charge in [-0.25, -0.2) is 0 Å². The number of amidine groups is 1. The van der Waals surface area contributed by atoms with Crippen molar-refractivity contribution in [2.24, 2.45) is 15.7 Å². The van der Waals surface area contributed by atoms with Crippen LogP contribution in [0.1, 0.15) is 7.43 Å². The fourth-order valence-electron chi connectivity index (χ4n) is 1.74. The Bertz CT molecular complexity index is 819. The molecule has 8 nitrogen and oxygen atoms in total. The minimum absolute atomic E-state index is 0. The quantitative estimate of drug-likeness (QED) is 0.210. The predicted molar refractivity (Wildman–Crippen MR) is 130 cm³/mol. The summed E-state index contributed by atoms with van der Waals surface area (Å²) in [5.41, 5.74) is 4.95. The van der Waals surface area contributed by atoms with E-state index in [1.165, 1.54) is 0 Å². The number of benzene rings is 2. The van der Waals surface area contributed by atoms with Gasteiger partial charge in [0.2, 0.25) is 6.19 Å². The van der Waals surface area contributed by atoms with Crippen LogP contribution in [0.3, 0.4) is 0 Å². The van der Waals surface area contributed by atoms with Gasteiger partial charge in [0.05, 0.1) is 6.54 Å². The molecule has 1 heterocycles. The third kappa shape index (κ3) is 13.6. The number of nitriles is 2. The van der Waals surface area contributed by atoms with E-state index < -0.39 is 0 Å². The lowest BCUT2D eigenvalue weighted by Crippen LogP contribution is -2.16. The van der Waals surface area contributed by atoms with Gasteiger partial charge in [0.25, 0.3) is 0 Å². The van der Waals surface area contributed by atoms with Crippen LogP contribution in [0, 0.1) is 22.9 Å². The average Bonchev–Trinajstić information content (AvgIpc) is 3.30. The molecule has 0 bridgehead atoms. The van der Waals surface area contributed by atoms with Crippen molar-refractivity contribution in [2.75, 3.05) is 24.6 Å². The van der Waals surface area contributed by atoms with E-state index in [2.05, 4.69) is 27.9 Å². The summed E-state index contributed by atoms with van der Waals surface area (Å²) >= 11 is 5.38. The summed E-state index contributed by atoms with van der Waals surface area (Å²) in [5, 5.41) is 19.9. The van der Waals surface area contributed by atoms with Crippen molar-refractivity contribution < 1.29 is 9.47 Å². The first-order chi connectivity index (χ1) is 14.7. The number of thiol groups is 1. The van der Waals surface area contributed by atoms with Crippen molar-refractivity contribution in [3.05, 3.63) is 60.7 Å². The van der Waals surface area contributed by atoms with Gasteiger partial charge >= 0.3 is 6.08 Å². The van der Waals surface area contributed by atoms with Crippen LogP contribution in [0.15, 0.2) is 70.6 Å². The van der Waals surface area contributed by atoms with Crippen LogP contribution in [-0.4, -0.2) is 35.8 Å². The molecule has 0 atom stereocenters. The summed E-state index contributed by atoms with van der Waals surface area (Å²) in [4.78, 5) is 7.46. The molecule has 3 rings (SSSR count). The molecule has 3 N–H and O–H groups in total. The van der Waals surface area contributed by atoms with Gasteiger partial charge < -0.3 is 15.2 Å². The van der Waals surface area contributed by atoms with E-state index in [1.54, 1.807) is 42.2 Å². The monoisotopic (exact) mass is 458 g/mol. The molecule has 0 saturated carbocycles. The number of aliphatic imine (C=N–C) groups is 2. The number of nitrogens with one attached hydrogen (secondary N) is 1. The molecular weight excluding hydrogens is 432 g/mol. The second-order valence-corrected chi connectivity index (χ2v) is 6.62. The van der Waals surface area contributed by atoms with Crippen LogP contribution in [0.25, 0.3) is 0 Å². The Labute approximate surface area is 193 Å². The Balaban J connectivity index is 0.000000576. The van der Waals surface area contributed by atoms with Gasteiger partial charge in [-0.2, -0.15) is 23.2 Å². The number of hydrogen-bond acceptors (Lipinski definition) is 10. The van der Waals surface area contributed by atoms with Crippen LogP contribution in [0.2, 0.25) is 0 Å². The summed E-state index contributed by atoms with van der Waals surface area (Å²) in [7, 11) is 0. The van der Waals surface area contributed by atoms with Crippen LogP contribution < -0.4 is 20.5 Å². The van der Waals surface area contributed by atoms with E-state index in [9.17, 15) is 0 Å². The highest BCUT2D eigenvalue weighted by Gasteiger charge is 2.06. The Morgan fingerprint density at radius 3 is 1.97 bits per heavy atom. The maximum atomic E-state index is 8.60. The Morgan fingerprint density at radius 2 is 1.61 bits per heavy atom. The largest absolute Gasteiger partial charge is 0.410 e. The maximum Gasteiger partial charge on any atom is 0.410 e. The second-order valence-electron chi connectivity index (χ2n) is 5.09. The molecule has 2 aromatic carbocycles. The molecule has 0 aromatic heterocycles. The van der Waals surface area contributed by atoms with E-state index in [0.717, 1.165) is 23.2 Å². The molecule has 0 fully saturated rings. The topological polar surface area (TPSA) is 129 Å². The lowest BCUT2D eigenvalue weighted by molar-refractivity contribution is 0.386. The van der Waals surface area contributed by atoms with Gasteiger partial charge in [-0.15, -0.1) is 0 Å². The normalized spacial score (nSPS) is 10.6. The minimum Gasteiger partial charge on any atom is -0.410 e. The third-order valence-corrected chi connectivity index (χ3v) is 4.06. The van der Waals surface area contributed by atoms with Gasteiger partial charge in [0.1, 0.15) is 11.5 Å². The highest BCUT2D eigenvalue weighted by Crippen LogP contribution is 2.13. The Kier molecular flexibility index (Phi) is 16.9. The van der Waals surface area contributed by atoms with E-state index in [0.29, 0.717) is 18.0 Å². The van der Waals surface area contributed by atoms with E-state index >= 15 is 0 Å². The second kappa shape index (κ2) is 18.8. The van der Waals surface area contributed by atoms with Crippen molar-refractivity contribution in [1.29, 1.82) is 10.5 Å². The number of rotatable bonds is 3. The van der Waals surface area contributed by atoms with E-state index in [-0.39, 0.29) is 13.5 Å². The van der Waals surface area contributed by atoms with Crippen LogP contribution >= 0.6 is 24.4 Å². The molecule has 1 aliphatic heterocycles. The molecule has 0 amide bonds. The van der Waals surface area contributed by atoms with Crippen LogP contribution in [0.4, 0.5) is 0 Å². The zero-order chi connectivity index (χ0) is 21.9. The van der Waals surface area contributed by atoms with Crippen molar-refractivity contribution >= 4 is 35.6 Å². The fraction of sp³-hybridized carbons (Fsp3) is 0.238. The smallest absolute Gasteiger partial charge is 0.410 e. The zero-order valence-electron chi connectivity index (χ0n) is 16.1. The molecule has 0 aliphatic carbocycles. The lowest BCUT2D eigenvalue weighted by atomic mass is 10.3. The third-order valence-electron chi connectivity index (χ3n) is 2.92.